The van der Waals surface area contributed by atoms with Crippen molar-refractivity contribution < 1.29 is 5.11 Å². The molecule has 0 bridgehead atoms. The van der Waals surface area contributed by atoms with Gasteiger partial charge in [-0.1, -0.05) is 39.3 Å². The summed E-state index contributed by atoms with van der Waals surface area (Å²) in [6.07, 6.45) is 1.07. The van der Waals surface area contributed by atoms with Gasteiger partial charge < -0.3 is 10.0 Å². The summed E-state index contributed by atoms with van der Waals surface area (Å²) in [4.78, 5) is 11.3. The number of hydrogen-bond acceptors (Lipinski definition) is 4. The Morgan fingerprint density at radius 3 is 2.55 bits per heavy atom. The van der Waals surface area contributed by atoms with Crippen LogP contribution in [0.2, 0.25) is 5.15 Å². The zero-order valence-electron chi connectivity index (χ0n) is 12.9. The quantitative estimate of drug-likeness (QED) is 0.853. The van der Waals surface area contributed by atoms with Crippen LogP contribution in [0.15, 0.2) is 0 Å². The minimum absolute atomic E-state index is 0.118. The molecule has 0 aliphatic carbocycles. The van der Waals surface area contributed by atoms with Crippen LogP contribution in [-0.4, -0.2) is 34.3 Å². The van der Waals surface area contributed by atoms with Crippen molar-refractivity contribution in [2.24, 2.45) is 5.92 Å². The maximum Gasteiger partial charge on any atom is 0.137 e. The first kappa shape index (κ1) is 15.5. The molecule has 0 saturated carbocycles. The van der Waals surface area contributed by atoms with E-state index < -0.39 is 0 Å². The molecule has 5 heteroatoms. The molecular weight excluding hydrogens is 274 g/mol. The van der Waals surface area contributed by atoms with Gasteiger partial charge in [0.25, 0.3) is 0 Å². The smallest absolute Gasteiger partial charge is 0.137 e. The Morgan fingerprint density at radius 1 is 1.35 bits per heavy atom. The van der Waals surface area contributed by atoms with Crippen LogP contribution in [0, 0.1) is 12.8 Å². The van der Waals surface area contributed by atoms with Crippen molar-refractivity contribution in [1.29, 1.82) is 0 Å². The fourth-order valence-electron chi connectivity index (χ4n) is 2.64. The molecule has 1 aliphatic heterocycles. The average molecular weight is 298 g/mol. The monoisotopic (exact) mass is 297 g/mol. The molecule has 112 valence electrons. The van der Waals surface area contributed by atoms with Gasteiger partial charge in [-0.05, 0) is 19.3 Å². The van der Waals surface area contributed by atoms with Gasteiger partial charge in [0.2, 0.25) is 0 Å². The van der Waals surface area contributed by atoms with E-state index in [1.165, 1.54) is 0 Å². The molecule has 1 aliphatic rings. The third-order valence-corrected chi connectivity index (χ3v) is 4.44. The van der Waals surface area contributed by atoms with Gasteiger partial charge in [0.15, 0.2) is 0 Å². The van der Waals surface area contributed by atoms with E-state index in [0.717, 1.165) is 30.2 Å². The first-order chi connectivity index (χ1) is 9.25. The predicted molar refractivity (Wildman–Crippen MR) is 82.5 cm³/mol. The van der Waals surface area contributed by atoms with E-state index in [0.29, 0.717) is 11.1 Å². The summed E-state index contributed by atoms with van der Waals surface area (Å²) in [6, 6.07) is 0.118. The highest BCUT2D eigenvalue weighted by atomic mass is 35.5. The molecule has 0 amide bonds. The Bertz CT molecular complexity index is 499. The SMILES string of the molecule is Cc1c(Cl)nc(C(C)(C)C)nc1N1CCC(C)C1CO. The first-order valence-electron chi connectivity index (χ1n) is 7.17. The van der Waals surface area contributed by atoms with Crippen molar-refractivity contribution in [2.75, 3.05) is 18.1 Å². The second-order valence-electron chi connectivity index (χ2n) is 6.75. The van der Waals surface area contributed by atoms with Crippen molar-refractivity contribution in [3.63, 3.8) is 0 Å². The van der Waals surface area contributed by atoms with E-state index in [9.17, 15) is 5.11 Å². The van der Waals surface area contributed by atoms with Crippen molar-refractivity contribution >= 4 is 17.4 Å². The number of hydrogen-bond donors (Lipinski definition) is 1. The summed E-state index contributed by atoms with van der Waals surface area (Å²) in [5.74, 6) is 2.09. The molecule has 2 rings (SSSR count). The van der Waals surface area contributed by atoms with Crippen LogP contribution in [0.4, 0.5) is 5.82 Å². The summed E-state index contributed by atoms with van der Waals surface area (Å²) in [5, 5.41) is 10.1. The molecule has 2 unspecified atom stereocenters. The zero-order valence-corrected chi connectivity index (χ0v) is 13.7. The number of halogens is 1. The van der Waals surface area contributed by atoms with Gasteiger partial charge in [-0.15, -0.1) is 0 Å². The van der Waals surface area contributed by atoms with Crippen LogP contribution in [0.3, 0.4) is 0 Å². The normalized spacial score (nSPS) is 23.4. The molecule has 2 atom stereocenters. The Labute approximate surface area is 126 Å². The van der Waals surface area contributed by atoms with Gasteiger partial charge in [0.05, 0.1) is 12.6 Å². The average Bonchev–Trinajstić information content (AvgIpc) is 2.72. The fourth-order valence-corrected chi connectivity index (χ4v) is 2.81. The lowest BCUT2D eigenvalue weighted by Gasteiger charge is -2.29. The van der Waals surface area contributed by atoms with E-state index in [4.69, 9.17) is 16.6 Å². The van der Waals surface area contributed by atoms with Gasteiger partial charge in [-0.3, -0.25) is 0 Å². The minimum Gasteiger partial charge on any atom is -0.394 e. The Hall–Kier alpha value is -0.870. The summed E-state index contributed by atoms with van der Waals surface area (Å²) in [5.41, 5.74) is 0.749. The van der Waals surface area contributed by atoms with Crippen LogP contribution in [0.1, 0.15) is 45.5 Å². The highest BCUT2D eigenvalue weighted by Gasteiger charge is 2.33. The lowest BCUT2D eigenvalue weighted by molar-refractivity contribution is 0.244. The van der Waals surface area contributed by atoms with Crippen LogP contribution in [0.5, 0.6) is 0 Å². The van der Waals surface area contributed by atoms with Crippen molar-refractivity contribution in [2.45, 2.75) is 52.5 Å². The third kappa shape index (κ3) is 2.77. The van der Waals surface area contributed by atoms with E-state index >= 15 is 0 Å². The molecule has 1 N–H and O–H groups in total. The lowest BCUT2D eigenvalue weighted by Crippen LogP contribution is -2.37. The Kier molecular flexibility index (Phi) is 4.26. The molecule has 0 radical (unpaired) electrons. The predicted octanol–water partition coefficient (Wildman–Crippen LogP) is 2.94. The molecule has 1 fully saturated rings. The molecule has 1 saturated heterocycles. The first-order valence-corrected chi connectivity index (χ1v) is 7.55. The van der Waals surface area contributed by atoms with Crippen LogP contribution in [-0.2, 0) is 5.41 Å². The standard InChI is InChI=1S/C15H24ClN3O/c1-9-6-7-19(11(9)8-20)13-10(2)12(16)17-14(18-13)15(3,4)5/h9,11,20H,6-8H2,1-5H3. The van der Waals surface area contributed by atoms with Crippen molar-refractivity contribution in [3.8, 4) is 0 Å². The van der Waals surface area contributed by atoms with E-state index in [-0.39, 0.29) is 18.1 Å². The van der Waals surface area contributed by atoms with Gasteiger partial charge in [-0.25, -0.2) is 9.97 Å². The highest BCUT2D eigenvalue weighted by Crippen LogP contribution is 2.34. The van der Waals surface area contributed by atoms with Crippen LogP contribution in [0.25, 0.3) is 0 Å². The topological polar surface area (TPSA) is 49.2 Å². The highest BCUT2D eigenvalue weighted by molar-refractivity contribution is 6.30. The summed E-state index contributed by atoms with van der Waals surface area (Å²) in [7, 11) is 0. The molecule has 20 heavy (non-hydrogen) atoms. The number of rotatable bonds is 2. The molecule has 1 aromatic rings. The number of aliphatic hydroxyl groups excluding tert-OH is 1. The van der Waals surface area contributed by atoms with Crippen LogP contribution >= 0.6 is 11.6 Å². The van der Waals surface area contributed by atoms with E-state index in [1.54, 1.807) is 0 Å². The maximum atomic E-state index is 9.64. The minimum atomic E-state index is -0.147. The second-order valence-corrected chi connectivity index (χ2v) is 7.10. The van der Waals surface area contributed by atoms with Gasteiger partial charge in [-0.2, -0.15) is 0 Å². The largest absolute Gasteiger partial charge is 0.394 e. The zero-order chi connectivity index (χ0) is 15.1. The number of anilines is 1. The van der Waals surface area contributed by atoms with E-state index in [1.807, 2.05) is 6.92 Å². The Morgan fingerprint density at radius 2 is 2.00 bits per heavy atom. The maximum absolute atomic E-state index is 9.64. The van der Waals surface area contributed by atoms with Gasteiger partial charge in [0, 0.05) is 17.5 Å². The fraction of sp³-hybridized carbons (Fsp3) is 0.733. The summed E-state index contributed by atoms with van der Waals surface area (Å²) < 4.78 is 0. The molecule has 2 heterocycles. The van der Waals surface area contributed by atoms with E-state index in [2.05, 4.69) is 37.6 Å². The lowest BCUT2D eigenvalue weighted by atomic mass is 9.95. The molecule has 1 aromatic heterocycles. The summed E-state index contributed by atoms with van der Waals surface area (Å²) >= 11 is 6.29. The van der Waals surface area contributed by atoms with Gasteiger partial charge in [0.1, 0.15) is 16.8 Å². The number of nitrogens with zero attached hydrogens (tertiary/aromatic N) is 3. The van der Waals surface area contributed by atoms with Crippen molar-refractivity contribution in [1.82, 2.24) is 9.97 Å². The van der Waals surface area contributed by atoms with Crippen LogP contribution < -0.4 is 4.90 Å². The van der Waals surface area contributed by atoms with Crippen molar-refractivity contribution in [3.05, 3.63) is 16.5 Å². The third-order valence-electron chi connectivity index (χ3n) is 4.07. The Balaban J connectivity index is 2.48. The molecule has 0 aromatic carbocycles. The van der Waals surface area contributed by atoms with Gasteiger partial charge >= 0.3 is 0 Å². The summed E-state index contributed by atoms with van der Waals surface area (Å²) in [6.45, 7) is 11.4. The second kappa shape index (κ2) is 5.49. The molecule has 4 nitrogen and oxygen atoms in total. The number of aliphatic hydroxyl groups is 1. The number of aromatic nitrogens is 2. The molecule has 0 spiro atoms. The molecular formula is C15H24ClN3O.